The van der Waals surface area contributed by atoms with Gasteiger partial charge in [-0.05, 0) is 30.7 Å². The number of nitrogens with zero attached hydrogens (tertiary/aromatic N) is 2. The van der Waals surface area contributed by atoms with Gasteiger partial charge in [-0.3, -0.25) is 4.79 Å². The fourth-order valence-corrected chi connectivity index (χ4v) is 3.09. The summed E-state index contributed by atoms with van der Waals surface area (Å²) in [6.07, 6.45) is 5.84. The van der Waals surface area contributed by atoms with Gasteiger partial charge in [-0.2, -0.15) is 0 Å². The SMILES string of the molecule is COc1ccc(C(=O)NCCS(=O)(=O)NCCCn2ccnc2)cc1. The Morgan fingerprint density at radius 3 is 2.64 bits per heavy atom. The van der Waals surface area contributed by atoms with Gasteiger partial charge in [0.05, 0.1) is 19.2 Å². The third-order valence-corrected chi connectivity index (χ3v) is 4.87. The first-order chi connectivity index (χ1) is 12.0. The van der Waals surface area contributed by atoms with Gasteiger partial charge in [0.1, 0.15) is 5.75 Å². The van der Waals surface area contributed by atoms with E-state index in [4.69, 9.17) is 4.74 Å². The average Bonchev–Trinajstić information content (AvgIpc) is 3.12. The molecule has 0 atom stereocenters. The number of aryl methyl sites for hydroxylation is 1. The predicted molar refractivity (Wildman–Crippen MR) is 94.0 cm³/mol. The van der Waals surface area contributed by atoms with Crippen LogP contribution in [0, 0.1) is 0 Å². The maximum absolute atomic E-state index is 11.9. The Hall–Kier alpha value is -2.39. The van der Waals surface area contributed by atoms with E-state index < -0.39 is 10.0 Å². The minimum absolute atomic E-state index is 0.0434. The minimum atomic E-state index is -3.42. The molecule has 2 aromatic rings. The highest BCUT2D eigenvalue weighted by Gasteiger charge is 2.11. The van der Waals surface area contributed by atoms with E-state index in [0.717, 1.165) is 0 Å². The first-order valence-corrected chi connectivity index (χ1v) is 9.51. The highest BCUT2D eigenvalue weighted by molar-refractivity contribution is 7.89. The molecule has 1 aromatic heterocycles. The summed E-state index contributed by atoms with van der Waals surface area (Å²) in [6.45, 7) is 1.07. The summed E-state index contributed by atoms with van der Waals surface area (Å²) < 4.78 is 33.2. The summed E-state index contributed by atoms with van der Waals surface area (Å²) in [6, 6.07) is 6.59. The number of nitrogens with one attached hydrogen (secondary N) is 2. The van der Waals surface area contributed by atoms with Crippen LogP contribution in [0.5, 0.6) is 5.75 Å². The van der Waals surface area contributed by atoms with Crippen LogP contribution in [0.1, 0.15) is 16.8 Å². The lowest BCUT2D eigenvalue weighted by molar-refractivity contribution is 0.0956. The van der Waals surface area contributed by atoms with E-state index in [0.29, 0.717) is 30.8 Å². The number of hydrogen-bond acceptors (Lipinski definition) is 5. The first-order valence-electron chi connectivity index (χ1n) is 7.85. The number of benzene rings is 1. The zero-order valence-corrected chi connectivity index (χ0v) is 14.8. The number of ether oxygens (including phenoxy) is 1. The van der Waals surface area contributed by atoms with Crippen molar-refractivity contribution in [1.29, 1.82) is 0 Å². The van der Waals surface area contributed by atoms with Gasteiger partial charge in [0.25, 0.3) is 5.91 Å². The molecule has 0 saturated carbocycles. The van der Waals surface area contributed by atoms with Crippen LogP contribution in [0.3, 0.4) is 0 Å². The molecule has 0 bridgehead atoms. The van der Waals surface area contributed by atoms with Crippen molar-refractivity contribution in [3.05, 3.63) is 48.5 Å². The zero-order valence-electron chi connectivity index (χ0n) is 14.0. The first kappa shape index (κ1) is 18.9. The number of imidazole rings is 1. The van der Waals surface area contributed by atoms with Crippen LogP contribution in [0.2, 0.25) is 0 Å². The predicted octanol–water partition coefficient (Wildman–Crippen LogP) is 0.631. The lowest BCUT2D eigenvalue weighted by atomic mass is 10.2. The van der Waals surface area contributed by atoms with E-state index in [2.05, 4.69) is 15.0 Å². The van der Waals surface area contributed by atoms with Crippen molar-refractivity contribution in [3.63, 3.8) is 0 Å². The molecule has 1 amide bonds. The van der Waals surface area contributed by atoms with Crippen LogP contribution in [0.4, 0.5) is 0 Å². The summed E-state index contributed by atoms with van der Waals surface area (Å²) >= 11 is 0. The van der Waals surface area contributed by atoms with Crippen LogP contribution < -0.4 is 14.8 Å². The van der Waals surface area contributed by atoms with Crippen molar-refractivity contribution in [2.75, 3.05) is 26.0 Å². The van der Waals surface area contributed by atoms with Crippen molar-refractivity contribution >= 4 is 15.9 Å². The second-order valence-electron chi connectivity index (χ2n) is 5.35. The molecule has 1 heterocycles. The molecule has 8 nitrogen and oxygen atoms in total. The Balaban J connectivity index is 1.67. The van der Waals surface area contributed by atoms with Crippen molar-refractivity contribution in [1.82, 2.24) is 19.6 Å². The molecular weight excluding hydrogens is 344 g/mol. The maximum Gasteiger partial charge on any atom is 0.251 e. The van der Waals surface area contributed by atoms with E-state index in [-0.39, 0.29) is 18.2 Å². The molecule has 2 rings (SSSR count). The highest BCUT2D eigenvalue weighted by atomic mass is 32.2. The molecule has 0 aliphatic rings. The molecule has 0 spiro atoms. The zero-order chi connectivity index (χ0) is 18.1. The average molecular weight is 366 g/mol. The van der Waals surface area contributed by atoms with Crippen molar-refractivity contribution in [2.45, 2.75) is 13.0 Å². The number of sulfonamides is 1. The Kier molecular flexibility index (Phi) is 6.96. The quantitative estimate of drug-likeness (QED) is 0.601. The molecule has 0 unspecified atom stereocenters. The van der Waals surface area contributed by atoms with Gasteiger partial charge in [0.2, 0.25) is 10.0 Å². The van der Waals surface area contributed by atoms with Gasteiger partial charge >= 0.3 is 0 Å². The fraction of sp³-hybridized carbons (Fsp3) is 0.375. The third-order valence-electron chi connectivity index (χ3n) is 3.48. The topological polar surface area (TPSA) is 102 Å². The normalized spacial score (nSPS) is 11.2. The second kappa shape index (κ2) is 9.19. The van der Waals surface area contributed by atoms with Gasteiger partial charge in [0, 0.05) is 37.6 Å². The van der Waals surface area contributed by atoms with E-state index in [1.807, 2.05) is 10.8 Å². The molecule has 0 saturated heterocycles. The maximum atomic E-state index is 11.9. The Morgan fingerprint density at radius 1 is 1.24 bits per heavy atom. The van der Waals surface area contributed by atoms with Gasteiger partial charge in [-0.15, -0.1) is 0 Å². The number of amides is 1. The fourth-order valence-electron chi connectivity index (χ4n) is 2.12. The van der Waals surface area contributed by atoms with Gasteiger partial charge in [-0.1, -0.05) is 0 Å². The second-order valence-corrected chi connectivity index (χ2v) is 7.28. The molecule has 136 valence electrons. The summed E-state index contributed by atoms with van der Waals surface area (Å²) in [7, 11) is -1.88. The molecule has 25 heavy (non-hydrogen) atoms. The molecule has 1 aromatic carbocycles. The number of aromatic nitrogens is 2. The Bertz CT molecular complexity index is 758. The van der Waals surface area contributed by atoms with Gasteiger partial charge in [-0.25, -0.2) is 18.1 Å². The van der Waals surface area contributed by atoms with Crippen molar-refractivity contribution in [2.24, 2.45) is 0 Å². The lowest BCUT2D eigenvalue weighted by Crippen LogP contribution is -2.35. The van der Waals surface area contributed by atoms with Crippen LogP contribution in [0.25, 0.3) is 0 Å². The van der Waals surface area contributed by atoms with E-state index in [1.54, 1.807) is 43.9 Å². The Labute approximate surface area is 147 Å². The van der Waals surface area contributed by atoms with Gasteiger partial charge in [0.15, 0.2) is 0 Å². The number of carbonyl (C=O) groups is 1. The minimum Gasteiger partial charge on any atom is -0.497 e. The molecule has 0 aliphatic heterocycles. The lowest BCUT2D eigenvalue weighted by Gasteiger charge is -2.08. The monoisotopic (exact) mass is 366 g/mol. The van der Waals surface area contributed by atoms with Crippen LogP contribution in [-0.2, 0) is 16.6 Å². The van der Waals surface area contributed by atoms with Crippen molar-refractivity contribution in [3.8, 4) is 5.75 Å². The molecule has 0 aliphatic carbocycles. The van der Waals surface area contributed by atoms with Crippen LogP contribution in [-0.4, -0.2) is 49.8 Å². The molecular formula is C16H22N4O4S. The highest BCUT2D eigenvalue weighted by Crippen LogP contribution is 2.10. The smallest absolute Gasteiger partial charge is 0.251 e. The van der Waals surface area contributed by atoms with Crippen LogP contribution in [0.15, 0.2) is 43.0 Å². The molecule has 0 radical (unpaired) electrons. The standard InChI is InChI=1S/C16H22N4O4S/c1-24-15-5-3-14(4-6-15)16(21)18-9-12-25(22,23)19-7-2-10-20-11-8-17-13-20/h3-6,8,11,13,19H,2,7,9-10,12H2,1H3,(H,18,21). The number of rotatable bonds is 10. The summed E-state index contributed by atoms with van der Waals surface area (Å²) in [4.78, 5) is 15.9. The Morgan fingerprint density at radius 2 is 2.00 bits per heavy atom. The van der Waals surface area contributed by atoms with Crippen LogP contribution >= 0.6 is 0 Å². The number of carbonyl (C=O) groups excluding carboxylic acids is 1. The number of methoxy groups -OCH3 is 1. The van der Waals surface area contributed by atoms with E-state index in [9.17, 15) is 13.2 Å². The van der Waals surface area contributed by atoms with E-state index in [1.165, 1.54) is 0 Å². The summed E-state index contributed by atoms with van der Waals surface area (Å²) in [5, 5.41) is 2.59. The molecule has 0 fully saturated rings. The van der Waals surface area contributed by atoms with Crippen molar-refractivity contribution < 1.29 is 17.9 Å². The summed E-state index contributed by atoms with van der Waals surface area (Å²) in [5.74, 6) is 0.164. The van der Waals surface area contributed by atoms with Gasteiger partial charge < -0.3 is 14.6 Å². The molecule has 2 N–H and O–H groups in total. The van der Waals surface area contributed by atoms with E-state index >= 15 is 0 Å². The third kappa shape index (κ3) is 6.55. The molecule has 9 heteroatoms. The summed E-state index contributed by atoms with van der Waals surface area (Å²) in [5.41, 5.74) is 0.450. The number of hydrogen-bond donors (Lipinski definition) is 2. The largest absolute Gasteiger partial charge is 0.497 e.